The molecule has 0 bridgehead atoms. The van der Waals surface area contributed by atoms with Gasteiger partial charge in [0.05, 0.1) is 5.88 Å². The van der Waals surface area contributed by atoms with E-state index in [2.05, 4.69) is 0 Å². The summed E-state index contributed by atoms with van der Waals surface area (Å²) in [6.45, 7) is 3.48. The van der Waals surface area contributed by atoms with Crippen LogP contribution in [0.15, 0.2) is 0 Å². The number of rotatable bonds is 4. The number of halogens is 1. The molecule has 0 saturated heterocycles. The van der Waals surface area contributed by atoms with Crippen LogP contribution in [-0.4, -0.2) is 16.3 Å². The normalized spacial score (nSPS) is 16.3. The van der Waals surface area contributed by atoms with Crippen molar-refractivity contribution in [3.63, 3.8) is 0 Å². The van der Waals surface area contributed by atoms with Gasteiger partial charge >= 0.3 is 0 Å². The van der Waals surface area contributed by atoms with Crippen LogP contribution >= 0.6 is 11.6 Å². The fourth-order valence-electron chi connectivity index (χ4n) is 0.745. The molecular formula is C6H12ClNO2. The van der Waals surface area contributed by atoms with Crippen molar-refractivity contribution < 1.29 is 4.92 Å². The second-order valence-electron chi connectivity index (χ2n) is 2.64. The van der Waals surface area contributed by atoms with Crippen LogP contribution in [-0.2, 0) is 0 Å². The quantitative estimate of drug-likeness (QED) is 0.364. The van der Waals surface area contributed by atoms with E-state index in [0.29, 0.717) is 6.42 Å². The maximum atomic E-state index is 10.4. The summed E-state index contributed by atoms with van der Waals surface area (Å²) in [5.41, 5.74) is -0.920. The van der Waals surface area contributed by atoms with Crippen LogP contribution in [0.4, 0.5) is 0 Å². The zero-order valence-corrected chi connectivity index (χ0v) is 7.02. The Hall–Kier alpha value is -0.310. The summed E-state index contributed by atoms with van der Waals surface area (Å²) in [6, 6.07) is 0. The third-order valence-corrected chi connectivity index (χ3v) is 2.09. The van der Waals surface area contributed by atoms with E-state index in [1.807, 2.05) is 6.92 Å². The Kier molecular flexibility index (Phi) is 3.64. The first kappa shape index (κ1) is 9.69. The van der Waals surface area contributed by atoms with E-state index in [0.717, 1.165) is 6.42 Å². The van der Waals surface area contributed by atoms with E-state index in [4.69, 9.17) is 11.6 Å². The lowest BCUT2D eigenvalue weighted by molar-refractivity contribution is -0.560. The van der Waals surface area contributed by atoms with E-state index in [9.17, 15) is 10.1 Å². The Balaban J connectivity index is 4.08. The summed E-state index contributed by atoms with van der Waals surface area (Å²) < 4.78 is 0. The molecule has 60 valence electrons. The van der Waals surface area contributed by atoms with Gasteiger partial charge in [-0.1, -0.05) is 6.92 Å². The van der Waals surface area contributed by atoms with E-state index in [-0.39, 0.29) is 10.8 Å². The van der Waals surface area contributed by atoms with Crippen LogP contribution < -0.4 is 0 Å². The zero-order valence-electron chi connectivity index (χ0n) is 6.26. The van der Waals surface area contributed by atoms with E-state index in [1.54, 1.807) is 6.92 Å². The van der Waals surface area contributed by atoms with Crippen LogP contribution in [0.2, 0.25) is 0 Å². The van der Waals surface area contributed by atoms with Crippen molar-refractivity contribution in [1.82, 2.24) is 0 Å². The van der Waals surface area contributed by atoms with Crippen molar-refractivity contribution in [2.45, 2.75) is 32.2 Å². The molecule has 3 nitrogen and oxygen atoms in total. The summed E-state index contributed by atoms with van der Waals surface area (Å²) in [5, 5.41) is 10.4. The first-order valence-corrected chi connectivity index (χ1v) is 3.80. The molecule has 0 saturated carbocycles. The molecule has 0 heterocycles. The van der Waals surface area contributed by atoms with E-state index in [1.165, 1.54) is 0 Å². The highest BCUT2D eigenvalue weighted by Gasteiger charge is 2.34. The number of hydrogen-bond donors (Lipinski definition) is 0. The monoisotopic (exact) mass is 165 g/mol. The van der Waals surface area contributed by atoms with Crippen LogP contribution in [0.3, 0.4) is 0 Å². The summed E-state index contributed by atoms with van der Waals surface area (Å²) >= 11 is 5.44. The van der Waals surface area contributed by atoms with Crippen molar-refractivity contribution in [3.05, 3.63) is 10.1 Å². The summed E-state index contributed by atoms with van der Waals surface area (Å²) in [5.74, 6) is 0.0911. The third-order valence-electron chi connectivity index (χ3n) is 1.52. The topological polar surface area (TPSA) is 43.1 Å². The minimum atomic E-state index is -0.920. The van der Waals surface area contributed by atoms with Crippen LogP contribution in [0.25, 0.3) is 0 Å². The zero-order chi connectivity index (χ0) is 8.20. The number of hydrogen-bond acceptors (Lipinski definition) is 2. The van der Waals surface area contributed by atoms with Crippen molar-refractivity contribution in [1.29, 1.82) is 0 Å². The second kappa shape index (κ2) is 3.76. The highest BCUT2D eigenvalue weighted by molar-refractivity contribution is 6.18. The van der Waals surface area contributed by atoms with Crippen molar-refractivity contribution >= 4 is 11.6 Å². The van der Waals surface area contributed by atoms with Gasteiger partial charge in [0.2, 0.25) is 5.54 Å². The van der Waals surface area contributed by atoms with Gasteiger partial charge in [-0.3, -0.25) is 10.1 Å². The molecule has 0 amide bonds. The van der Waals surface area contributed by atoms with Gasteiger partial charge in [0, 0.05) is 18.3 Å². The van der Waals surface area contributed by atoms with Gasteiger partial charge in [0.15, 0.2) is 0 Å². The highest BCUT2D eigenvalue weighted by Crippen LogP contribution is 2.17. The van der Waals surface area contributed by atoms with E-state index < -0.39 is 5.54 Å². The predicted octanol–water partition coefficient (Wildman–Crippen LogP) is 2.06. The standard InChI is InChI=1S/C6H12ClNO2/c1-3-4-6(2,5-7)8(9)10/h3-5H2,1-2H3. The van der Waals surface area contributed by atoms with Gasteiger partial charge < -0.3 is 0 Å². The average Bonchev–Trinajstić information content (AvgIpc) is 1.88. The number of nitrogens with zero attached hydrogens (tertiary/aromatic N) is 1. The van der Waals surface area contributed by atoms with Gasteiger partial charge in [0.1, 0.15) is 0 Å². The van der Waals surface area contributed by atoms with Gasteiger partial charge in [-0.05, 0) is 6.42 Å². The van der Waals surface area contributed by atoms with Gasteiger partial charge in [-0.15, -0.1) is 11.6 Å². The Bertz CT molecular complexity index is 129. The molecule has 1 atom stereocenters. The molecule has 0 aromatic carbocycles. The Labute approximate surface area is 65.5 Å². The SMILES string of the molecule is CCCC(C)(CCl)[N+](=O)[O-]. The molecule has 0 radical (unpaired) electrons. The summed E-state index contributed by atoms with van der Waals surface area (Å²) in [7, 11) is 0. The first-order chi connectivity index (χ1) is 4.56. The fourth-order valence-corrected chi connectivity index (χ4v) is 0.977. The van der Waals surface area contributed by atoms with Crippen LogP contribution in [0.1, 0.15) is 26.7 Å². The molecule has 0 aliphatic carbocycles. The van der Waals surface area contributed by atoms with Crippen LogP contribution in [0, 0.1) is 10.1 Å². The lowest BCUT2D eigenvalue weighted by Gasteiger charge is -2.16. The minimum Gasteiger partial charge on any atom is -0.264 e. The van der Waals surface area contributed by atoms with Crippen molar-refractivity contribution in [2.24, 2.45) is 0 Å². The Morgan fingerprint density at radius 1 is 1.70 bits per heavy atom. The molecule has 4 heteroatoms. The maximum Gasteiger partial charge on any atom is 0.232 e. The Morgan fingerprint density at radius 2 is 2.20 bits per heavy atom. The maximum absolute atomic E-state index is 10.4. The molecule has 10 heavy (non-hydrogen) atoms. The average molecular weight is 166 g/mol. The molecular weight excluding hydrogens is 154 g/mol. The van der Waals surface area contributed by atoms with Crippen molar-refractivity contribution in [2.75, 3.05) is 5.88 Å². The predicted molar refractivity (Wildman–Crippen MR) is 41.0 cm³/mol. The summed E-state index contributed by atoms with van der Waals surface area (Å²) in [4.78, 5) is 10.1. The third kappa shape index (κ3) is 2.14. The molecule has 0 aliphatic rings. The second-order valence-corrected chi connectivity index (χ2v) is 2.90. The number of alkyl halides is 1. The molecule has 0 N–H and O–H groups in total. The summed E-state index contributed by atoms with van der Waals surface area (Å²) in [6.07, 6.45) is 1.34. The van der Waals surface area contributed by atoms with Gasteiger partial charge in [0.25, 0.3) is 0 Å². The molecule has 0 spiro atoms. The lowest BCUT2D eigenvalue weighted by atomic mass is 10.0. The fraction of sp³-hybridized carbons (Fsp3) is 1.00. The minimum absolute atomic E-state index is 0.0911. The van der Waals surface area contributed by atoms with Gasteiger partial charge in [-0.25, -0.2) is 0 Å². The lowest BCUT2D eigenvalue weighted by Crippen LogP contribution is -2.36. The van der Waals surface area contributed by atoms with E-state index >= 15 is 0 Å². The first-order valence-electron chi connectivity index (χ1n) is 3.27. The highest BCUT2D eigenvalue weighted by atomic mass is 35.5. The van der Waals surface area contributed by atoms with Crippen LogP contribution in [0.5, 0.6) is 0 Å². The largest absolute Gasteiger partial charge is 0.264 e. The molecule has 0 aliphatic heterocycles. The molecule has 0 aromatic rings. The molecule has 1 unspecified atom stereocenters. The molecule has 0 fully saturated rings. The van der Waals surface area contributed by atoms with Gasteiger partial charge in [-0.2, -0.15) is 0 Å². The van der Waals surface area contributed by atoms with Crippen molar-refractivity contribution in [3.8, 4) is 0 Å². The Morgan fingerprint density at radius 3 is 2.30 bits per heavy atom. The smallest absolute Gasteiger partial charge is 0.232 e. The molecule has 0 rings (SSSR count). The number of nitro groups is 1. The molecule has 0 aromatic heterocycles.